The van der Waals surface area contributed by atoms with E-state index in [0.717, 1.165) is 19.5 Å². The smallest absolute Gasteiger partial charge is 0.310 e. The molecule has 7 nitrogen and oxygen atoms in total. The van der Waals surface area contributed by atoms with E-state index in [9.17, 15) is 14.9 Å². The zero-order valence-electron chi connectivity index (χ0n) is 11.9. The molecular formula is C14H19N3O4. The second-order valence-electron chi connectivity index (χ2n) is 5.16. The van der Waals surface area contributed by atoms with Crippen molar-refractivity contribution in [3.05, 3.63) is 34.4 Å². The van der Waals surface area contributed by atoms with Crippen molar-refractivity contribution in [1.29, 1.82) is 0 Å². The van der Waals surface area contributed by atoms with Gasteiger partial charge in [0.15, 0.2) is 12.4 Å². The normalized spacial score (nSPS) is 21.6. The third kappa shape index (κ3) is 4.16. The molecule has 1 amide bonds. The van der Waals surface area contributed by atoms with Crippen LogP contribution in [0.2, 0.25) is 0 Å². The molecule has 1 aliphatic heterocycles. The van der Waals surface area contributed by atoms with E-state index in [1.54, 1.807) is 12.1 Å². The molecule has 2 N–H and O–H groups in total. The van der Waals surface area contributed by atoms with E-state index >= 15 is 0 Å². The molecule has 1 fully saturated rings. The first kappa shape index (κ1) is 15.2. The van der Waals surface area contributed by atoms with Gasteiger partial charge >= 0.3 is 5.69 Å². The first-order valence-corrected chi connectivity index (χ1v) is 6.94. The number of para-hydroxylation sites is 2. The number of hydrogen-bond acceptors (Lipinski definition) is 5. The van der Waals surface area contributed by atoms with Gasteiger partial charge < -0.3 is 15.4 Å². The van der Waals surface area contributed by atoms with Crippen LogP contribution in [0.3, 0.4) is 0 Å². The van der Waals surface area contributed by atoms with Crippen LogP contribution in [0.25, 0.3) is 0 Å². The van der Waals surface area contributed by atoms with E-state index < -0.39 is 4.92 Å². The van der Waals surface area contributed by atoms with E-state index in [4.69, 9.17) is 4.74 Å². The fourth-order valence-electron chi connectivity index (χ4n) is 2.30. The Labute approximate surface area is 122 Å². The molecule has 1 aromatic rings. The van der Waals surface area contributed by atoms with Gasteiger partial charge in [-0.1, -0.05) is 19.1 Å². The number of nitrogens with one attached hydrogen (secondary N) is 2. The van der Waals surface area contributed by atoms with Gasteiger partial charge in [0.05, 0.1) is 4.92 Å². The predicted molar refractivity (Wildman–Crippen MR) is 77.2 cm³/mol. The number of piperidine rings is 1. The van der Waals surface area contributed by atoms with Crippen LogP contribution in [0.1, 0.15) is 13.3 Å². The van der Waals surface area contributed by atoms with Crippen molar-refractivity contribution in [3.8, 4) is 5.75 Å². The number of nitro groups is 1. The summed E-state index contributed by atoms with van der Waals surface area (Å²) in [5.74, 6) is 0.238. The van der Waals surface area contributed by atoms with Crippen LogP contribution >= 0.6 is 0 Å². The van der Waals surface area contributed by atoms with Crippen molar-refractivity contribution in [2.24, 2.45) is 5.92 Å². The van der Waals surface area contributed by atoms with Crippen LogP contribution in [0.4, 0.5) is 5.69 Å². The molecule has 21 heavy (non-hydrogen) atoms. The summed E-state index contributed by atoms with van der Waals surface area (Å²) in [4.78, 5) is 22.2. The van der Waals surface area contributed by atoms with Gasteiger partial charge in [0.2, 0.25) is 0 Å². The number of amides is 1. The first-order valence-electron chi connectivity index (χ1n) is 6.94. The topological polar surface area (TPSA) is 93.5 Å². The number of carbonyl (C=O) groups is 1. The van der Waals surface area contributed by atoms with Gasteiger partial charge in [0.25, 0.3) is 5.91 Å². The van der Waals surface area contributed by atoms with Crippen LogP contribution in [0.15, 0.2) is 24.3 Å². The Kier molecular flexibility index (Phi) is 5.10. The zero-order chi connectivity index (χ0) is 15.2. The average Bonchev–Trinajstić information content (AvgIpc) is 2.48. The van der Waals surface area contributed by atoms with Crippen LogP contribution in [0, 0.1) is 16.0 Å². The Hall–Kier alpha value is -2.15. The molecule has 1 aliphatic rings. The standard InChI is InChI=1S/C14H19N3O4/c1-10-6-7-15-8-11(10)16-14(18)9-21-13-5-3-2-4-12(13)17(19)20/h2-5,10-11,15H,6-9H2,1H3,(H,16,18). The Morgan fingerprint density at radius 3 is 3.00 bits per heavy atom. The highest BCUT2D eigenvalue weighted by molar-refractivity contribution is 5.78. The van der Waals surface area contributed by atoms with Crippen molar-refractivity contribution in [1.82, 2.24) is 10.6 Å². The molecule has 0 saturated carbocycles. The van der Waals surface area contributed by atoms with Gasteiger partial charge in [-0.2, -0.15) is 0 Å². The van der Waals surface area contributed by atoms with Crippen molar-refractivity contribution in [3.63, 3.8) is 0 Å². The lowest BCUT2D eigenvalue weighted by atomic mass is 9.95. The predicted octanol–water partition coefficient (Wildman–Crippen LogP) is 1.09. The van der Waals surface area contributed by atoms with Crippen molar-refractivity contribution in [2.45, 2.75) is 19.4 Å². The highest BCUT2D eigenvalue weighted by atomic mass is 16.6. The summed E-state index contributed by atoms with van der Waals surface area (Å²) < 4.78 is 5.26. The molecule has 1 saturated heterocycles. The van der Waals surface area contributed by atoms with E-state index in [1.807, 2.05) is 0 Å². The molecule has 1 aromatic carbocycles. The number of carbonyl (C=O) groups excluding carboxylic acids is 1. The van der Waals surface area contributed by atoms with Gasteiger partial charge in [0, 0.05) is 18.7 Å². The molecule has 2 atom stereocenters. The van der Waals surface area contributed by atoms with E-state index in [2.05, 4.69) is 17.6 Å². The lowest BCUT2D eigenvalue weighted by Crippen LogP contribution is -2.51. The van der Waals surface area contributed by atoms with Gasteiger partial charge in [-0.15, -0.1) is 0 Å². The number of nitro benzene ring substituents is 1. The lowest BCUT2D eigenvalue weighted by molar-refractivity contribution is -0.385. The number of nitrogens with zero attached hydrogens (tertiary/aromatic N) is 1. The second-order valence-corrected chi connectivity index (χ2v) is 5.16. The summed E-state index contributed by atoms with van der Waals surface area (Å²) in [7, 11) is 0. The third-order valence-electron chi connectivity index (χ3n) is 3.59. The van der Waals surface area contributed by atoms with Crippen LogP contribution in [0.5, 0.6) is 5.75 Å². The number of benzene rings is 1. The third-order valence-corrected chi connectivity index (χ3v) is 3.59. The van der Waals surface area contributed by atoms with Crippen molar-refractivity contribution >= 4 is 11.6 Å². The lowest BCUT2D eigenvalue weighted by Gasteiger charge is -2.30. The fourth-order valence-corrected chi connectivity index (χ4v) is 2.30. The minimum Gasteiger partial charge on any atom is -0.477 e. The highest BCUT2D eigenvalue weighted by Crippen LogP contribution is 2.25. The first-order chi connectivity index (χ1) is 10.1. The quantitative estimate of drug-likeness (QED) is 0.626. The molecule has 0 bridgehead atoms. The molecule has 2 rings (SSSR count). The summed E-state index contributed by atoms with van der Waals surface area (Å²) in [6.07, 6.45) is 1.01. The maximum Gasteiger partial charge on any atom is 0.310 e. The highest BCUT2D eigenvalue weighted by Gasteiger charge is 2.23. The van der Waals surface area contributed by atoms with E-state index in [0.29, 0.717) is 5.92 Å². The van der Waals surface area contributed by atoms with E-state index in [-0.39, 0.29) is 30.0 Å². The minimum absolute atomic E-state index is 0.0700. The minimum atomic E-state index is -0.527. The van der Waals surface area contributed by atoms with Gasteiger partial charge in [-0.05, 0) is 24.9 Å². The van der Waals surface area contributed by atoms with E-state index in [1.165, 1.54) is 12.1 Å². The Bertz CT molecular complexity index is 521. The fraction of sp³-hybridized carbons (Fsp3) is 0.500. The van der Waals surface area contributed by atoms with Crippen LogP contribution in [-0.2, 0) is 4.79 Å². The summed E-state index contributed by atoms with van der Waals surface area (Å²) >= 11 is 0. The molecule has 0 aromatic heterocycles. The van der Waals surface area contributed by atoms with Gasteiger partial charge in [-0.3, -0.25) is 14.9 Å². The Morgan fingerprint density at radius 2 is 2.29 bits per heavy atom. The second kappa shape index (κ2) is 7.03. The largest absolute Gasteiger partial charge is 0.477 e. The summed E-state index contributed by atoms with van der Waals surface area (Å²) in [5, 5.41) is 17.0. The van der Waals surface area contributed by atoms with Gasteiger partial charge in [-0.25, -0.2) is 0 Å². The molecule has 0 spiro atoms. The number of ether oxygens (including phenoxy) is 1. The van der Waals surface area contributed by atoms with Crippen LogP contribution in [-0.4, -0.2) is 36.6 Å². The van der Waals surface area contributed by atoms with Crippen molar-refractivity contribution in [2.75, 3.05) is 19.7 Å². The Balaban J connectivity index is 1.88. The molecule has 7 heteroatoms. The van der Waals surface area contributed by atoms with Crippen LogP contribution < -0.4 is 15.4 Å². The molecule has 0 aliphatic carbocycles. The molecule has 114 valence electrons. The maximum absolute atomic E-state index is 11.9. The molecule has 2 unspecified atom stereocenters. The number of hydrogen-bond donors (Lipinski definition) is 2. The molecule has 1 heterocycles. The SMILES string of the molecule is CC1CCNCC1NC(=O)COc1ccccc1[N+](=O)[O-]. The number of rotatable bonds is 5. The zero-order valence-corrected chi connectivity index (χ0v) is 11.9. The molecule has 0 radical (unpaired) electrons. The summed E-state index contributed by atoms with van der Waals surface area (Å²) in [5.41, 5.74) is -0.141. The van der Waals surface area contributed by atoms with Gasteiger partial charge in [0.1, 0.15) is 0 Å². The summed E-state index contributed by atoms with van der Waals surface area (Å²) in [6.45, 7) is 3.56. The summed E-state index contributed by atoms with van der Waals surface area (Å²) in [6, 6.07) is 6.09. The average molecular weight is 293 g/mol. The molecular weight excluding hydrogens is 274 g/mol. The Morgan fingerprint density at radius 1 is 1.52 bits per heavy atom. The monoisotopic (exact) mass is 293 g/mol. The van der Waals surface area contributed by atoms with Crippen molar-refractivity contribution < 1.29 is 14.5 Å². The maximum atomic E-state index is 11.9.